The highest BCUT2D eigenvalue weighted by atomic mass is 16.5. The molecule has 5 nitrogen and oxygen atoms in total. The zero-order valence-electron chi connectivity index (χ0n) is 11.1. The molecule has 0 atom stereocenters. The lowest BCUT2D eigenvalue weighted by molar-refractivity contribution is 0.0696. The van der Waals surface area contributed by atoms with Gasteiger partial charge in [-0.15, -0.1) is 0 Å². The van der Waals surface area contributed by atoms with E-state index in [0.717, 1.165) is 17.7 Å². The number of carboxylic acid groups (broad SMARTS) is 1. The molecule has 0 fully saturated rings. The van der Waals surface area contributed by atoms with Gasteiger partial charge in [0.05, 0.1) is 12.2 Å². The molecule has 3 rings (SSSR count). The van der Waals surface area contributed by atoms with Gasteiger partial charge in [0.25, 0.3) is 5.91 Å². The minimum absolute atomic E-state index is 0.134. The average molecular weight is 283 g/mol. The molecule has 106 valence electrons. The van der Waals surface area contributed by atoms with E-state index in [-0.39, 0.29) is 11.5 Å². The molecule has 0 bridgehead atoms. The molecule has 0 saturated carbocycles. The summed E-state index contributed by atoms with van der Waals surface area (Å²) in [6.45, 7) is 0.640. The minimum atomic E-state index is -1.03. The number of nitrogens with one attached hydrogen (secondary N) is 1. The van der Waals surface area contributed by atoms with Crippen molar-refractivity contribution in [1.82, 2.24) is 0 Å². The fourth-order valence-corrected chi connectivity index (χ4v) is 2.26. The van der Waals surface area contributed by atoms with Crippen molar-refractivity contribution >= 4 is 17.6 Å². The molecule has 0 aliphatic carbocycles. The predicted octanol–water partition coefficient (Wildman–Crippen LogP) is 2.57. The van der Waals surface area contributed by atoms with Crippen molar-refractivity contribution in [1.29, 1.82) is 0 Å². The van der Waals surface area contributed by atoms with Crippen LogP contribution in [0.4, 0.5) is 5.69 Å². The number of ether oxygens (including phenoxy) is 1. The van der Waals surface area contributed by atoms with Gasteiger partial charge in [0, 0.05) is 17.7 Å². The van der Waals surface area contributed by atoms with Gasteiger partial charge in [-0.2, -0.15) is 0 Å². The first kappa shape index (κ1) is 13.2. The van der Waals surface area contributed by atoms with Crippen LogP contribution in [-0.2, 0) is 6.42 Å². The Kier molecular flexibility index (Phi) is 3.31. The van der Waals surface area contributed by atoms with Crippen LogP contribution in [0.5, 0.6) is 5.75 Å². The molecule has 1 aliphatic rings. The Bertz CT molecular complexity index is 724. The topological polar surface area (TPSA) is 75.6 Å². The van der Waals surface area contributed by atoms with Gasteiger partial charge in [-0.3, -0.25) is 4.79 Å². The number of rotatable bonds is 3. The van der Waals surface area contributed by atoms with Crippen molar-refractivity contribution in [2.24, 2.45) is 0 Å². The summed E-state index contributed by atoms with van der Waals surface area (Å²) in [4.78, 5) is 23.1. The maximum absolute atomic E-state index is 12.2. The third-order valence-electron chi connectivity index (χ3n) is 3.32. The van der Waals surface area contributed by atoms with Gasteiger partial charge in [0.2, 0.25) is 0 Å². The van der Waals surface area contributed by atoms with E-state index in [9.17, 15) is 9.59 Å². The molecule has 0 radical (unpaired) electrons. The number of aromatic carboxylic acids is 1. The quantitative estimate of drug-likeness (QED) is 0.907. The second-order valence-electron chi connectivity index (χ2n) is 4.76. The third-order valence-corrected chi connectivity index (χ3v) is 3.32. The molecule has 0 aromatic heterocycles. The number of hydrogen-bond donors (Lipinski definition) is 2. The summed E-state index contributed by atoms with van der Waals surface area (Å²) < 4.78 is 5.40. The fourth-order valence-electron chi connectivity index (χ4n) is 2.26. The van der Waals surface area contributed by atoms with Gasteiger partial charge in [-0.1, -0.05) is 6.07 Å². The van der Waals surface area contributed by atoms with Crippen LogP contribution in [0.15, 0.2) is 42.5 Å². The largest absolute Gasteiger partial charge is 0.493 e. The predicted molar refractivity (Wildman–Crippen MR) is 77.0 cm³/mol. The Balaban J connectivity index is 1.80. The van der Waals surface area contributed by atoms with E-state index in [1.807, 2.05) is 0 Å². The average Bonchev–Trinajstić information content (AvgIpc) is 2.94. The van der Waals surface area contributed by atoms with E-state index in [1.165, 1.54) is 12.1 Å². The first-order chi connectivity index (χ1) is 10.1. The number of fused-ring (bicyclic) bond motifs is 1. The highest BCUT2D eigenvalue weighted by Gasteiger charge is 2.15. The number of anilines is 1. The second kappa shape index (κ2) is 5.28. The summed E-state index contributed by atoms with van der Waals surface area (Å²) >= 11 is 0. The number of benzene rings is 2. The van der Waals surface area contributed by atoms with E-state index in [2.05, 4.69) is 5.32 Å². The molecule has 0 saturated heterocycles. The number of hydrogen-bond acceptors (Lipinski definition) is 3. The van der Waals surface area contributed by atoms with Gasteiger partial charge in [-0.05, 0) is 42.0 Å². The van der Waals surface area contributed by atoms with Gasteiger partial charge in [0.1, 0.15) is 5.75 Å². The van der Waals surface area contributed by atoms with Gasteiger partial charge < -0.3 is 15.2 Å². The molecule has 0 unspecified atom stereocenters. The molecule has 2 aromatic carbocycles. The summed E-state index contributed by atoms with van der Waals surface area (Å²) in [7, 11) is 0. The Morgan fingerprint density at radius 1 is 1.10 bits per heavy atom. The van der Waals surface area contributed by atoms with E-state index < -0.39 is 5.97 Å². The van der Waals surface area contributed by atoms with Crippen LogP contribution < -0.4 is 10.1 Å². The SMILES string of the molecule is O=C(O)c1cccc(NC(=O)c2ccc3c(c2)CCO3)c1. The lowest BCUT2D eigenvalue weighted by atomic mass is 10.1. The summed E-state index contributed by atoms with van der Waals surface area (Å²) in [5.74, 6) is -0.479. The molecule has 1 amide bonds. The minimum Gasteiger partial charge on any atom is -0.493 e. The highest BCUT2D eigenvalue weighted by Crippen LogP contribution is 2.26. The first-order valence-corrected chi connectivity index (χ1v) is 6.54. The molecule has 5 heteroatoms. The van der Waals surface area contributed by atoms with Gasteiger partial charge in [-0.25, -0.2) is 4.79 Å². The molecule has 2 N–H and O–H groups in total. The lowest BCUT2D eigenvalue weighted by Gasteiger charge is -2.07. The number of carboxylic acids is 1. The highest BCUT2D eigenvalue weighted by molar-refractivity contribution is 6.05. The van der Waals surface area contributed by atoms with Crippen molar-refractivity contribution in [2.45, 2.75) is 6.42 Å². The molecule has 21 heavy (non-hydrogen) atoms. The summed E-state index contributed by atoms with van der Waals surface area (Å²) in [6, 6.07) is 11.4. The first-order valence-electron chi connectivity index (χ1n) is 6.54. The van der Waals surface area contributed by atoms with Crippen LogP contribution in [0.2, 0.25) is 0 Å². The van der Waals surface area contributed by atoms with Crippen LogP contribution in [-0.4, -0.2) is 23.6 Å². The Morgan fingerprint density at radius 3 is 2.76 bits per heavy atom. The maximum Gasteiger partial charge on any atom is 0.335 e. The number of carbonyl (C=O) groups is 2. The van der Waals surface area contributed by atoms with E-state index in [1.54, 1.807) is 30.3 Å². The third kappa shape index (κ3) is 2.72. The Morgan fingerprint density at radius 2 is 1.95 bits per heavy atom. The molecule has 1 aliphatic heterocycles. The second-order valence-corrected chi connectivity index (χ2v) is 4.76. The van der Waals surface area contributed by atoms with Crippen molar-refractivity contribution in [3.63, 3.8) is 0 Å². The normalized spacial score (nSPS) is 12.4. The Hall–Kier alpha value is -2.82. The van der Waals surface area contributed by atoms with Crippen LogP contribution >= 0.6 is 0 Å². The monoisotopic (exact) mass is 283 g/mol. The molecule has 1 heterocycles. The molecule has 0 spiro atoms. The van der Waals surface area contributed by atoms with Crippen LogP contribution in [0.25, 0.3) is 0 Å². The molecular formula is C16H13NO4. The number of carbonyl (C=O) groups excluding carboxylic acids is 1. The van der Waals surface area contributed by atoms with Gasteiger partial charge in [0.15, 0.2) is 0 Å². The van der Waals surface area contributed by atoms with Crippen molar-refractivity contribution in [3.8, 4) is 5.75 Å². The standard InChI is InChI=1S/C16H13NO4/c18-15(11-4-5-14-10(8-11)6-7-21-14)17-13-3-1-2-12(9-13)16(19)20/h1-5,8-9H,6-7H2,(H,17,18)(H,19,20). The zero-order valence-corrected chi connectivity index (χ0v) is 11.1. The van der Waals surface area contributed by atoms with Crippen LogP contribution in [0, 0.1) is 0 Å². The number of amides is 1. The van der Waals surface area contributed by atoms with Crippen molar-refractivity contribution in [2.75, 3.05) is 11.9 Å². The zero-order chi connectivity index (χ0) is 14.8. The van der Waals surface area contributed by atoms with E-state index >= 15 is 0 Å². The smallest absolute Gasteiger partial charge is 0.335 e. The van der Waals surface area contributed by atoms with Gasteiger partial charge >= 0.3 is 5.97 Å². The van der Waals surface area contributed by atoms with E-state index in [0.29, 0.717) is 17.9 Å². The van der Waals surface area contributed by atoms with Crippen LogP contribution in [0.3, 0.4) is 0 Å². The maximum atomic E-state index is 12.2. The molecule has 2 aromatic rings. The summed E-state index contributed by atoms with van der Waals surface area (Å²) in [5.41, 5.74) is 2.13. The van der Waals surface area contributed by atoms with E-state index in [4.69, 9.17) is 9.84 Å². The molecular weight excluding hydrogens is 270 g/mol. The Labute approximate surface area is 121 Å². The van der Waals surface area contributed by atoms with Crippen LogP contribution in [0.1, 0.15) is 26.3 Å². The summed E-state index contributed by atoms with van der Waals surface area (Å²) in [5, 5.41) is 11.6. The fraction of sp³-hybridized carbons (Fsp3) is 0.125. The lowest BCUT2D eigenvalue weighted by Crippen LogP contribution is -2.12. The van der Waals surface area contributed by atoms with Crippen molar-refractivity contribution in [3.05, 3.63) is 59.2 Å². The summed E-state index contributed by atoms with van der Waals surface area (Å²) in [6.07, 6.45) is 0.797. The van der Waals surface area contributed by atoms with Crippen molar-refractivity contribution < 1.29 is 19.4 Å².